The van der Waals surface area contributed by atoms with E-state index in [2.05, 4.69) is 23.4 Å². The van der Waals surface area contributed by atoms with Crippen molar-refractivity contribution in [1.82, 2.24) is 9.78 Å². The molecule has 2 aromatic rings. The Morgan fingerprint density at radius 1 is 1.41 bits per heavy atom. The molecule has 0 atom stereocenters. The van der Waals surface area contributed by atoms with Gasteiger partial charge in [-0.25, -0.2) is 0 Å². The minimum absolute atomic E-state index is 0.733. The minimum Gasteiger partial charge on any atom is -0.496 e. The number of hydrogen-bond acceptors (Lipinski definition) is 3. The second-order valence-electron chi connectivity index (χ2n) is 4.07. The second kappa shape index (κ2) is 4.91. The van der Waals surface area contributed by atoms with Gasteiger partial charge in [0.2, 0.25) is 0 Å². The molecule has 0 amide bonds. The number of ether oxygens (including phenoxy) is 1. The van der Waals surface area contributed by atoms with Gasteiger partial charge in [-0.2, -0.15) is 5.10 Å². The Labute approximate surface area is 101 Å². The van der Waals surface area contributed by atoms with Crippen molar-refractivity contribution in [1.29, 1.82) is 0 Å². The zero-order valence-corrected chi connectivity index (χ0v) is 10.4. The first-order valence-electron chi connectivity index (χ1n) is 5.55. The Morgan fingerprint density at radius 3 is 2.88 bits per heavy atom. The van der Waals surface area contributed by atoms with Crippen molar-refractivity contribution in [2.24, 2.45) is 7.05 Å². The lowest BCUT2D eigenvalue weighted by Crippen LogP contribution is -2.01. The highest BCUT2D eigenvalue weighted by Crippen LogP contribution is 2.20. The number of anilines is 1. The highest BCUT2D eigenvalue weighted by Gasteiger charge is 2.03. The third-order valence-corrected chi connectivity index (χ3v) is 2.62. The Morgan fingerprint density at radius 2 is 2.24 bits per heavy atom. The molecule has 0 aliphatic rings. The Bertz CT molecular complexity index is 505. The Kier molecular flexibility index (Phi) is 3.32. The number of hydrogen-bond donors (Lipinski definition) is 1. The summed E-state index contributed by atoms with van der Waals surface area (Å²) >= 11 is 0. The summed E-state index contributed by atoms with van der Waals surface area (Å²) in [5.74, 6) is 0.909. The van der Waals surface area contributed by atoms with Crippen LogP contribution in [-0.2, 0) is 13.6 Å². The third kappa shape index (κ3) is 2.78. The number of nitrogens with one attached hydrogen (secondary N) is 1. The predicted octanol–water partition coefficient (Wildman–Crippen LogP) is 2.35. The summed E-state index contributed by atoms with van der Waals surface area (Å²) in [6.45, 7) is 2.81. The maximum atomic E-state index is 5.33. The first-order valence-corrected chi connectivity index (χ1v) is 5.55. The van der Waals surface area contributed by atoms with E-state index in [-0.39, 0.29) is 0 Å². The van der Waals surface area contributed by atoms with Crippen molar-refractivity contribution in [2.45, 2.75) is 13.5 Å². The maximum Gasteiger partial charge on any atom is 0.123 e. The molecule has 1 aromatic carbocycles. The summed E-state index contributed by atoms with van der Waals surface area (Å²) in [4.78, 5) is 0. The van der Waals surface area contributed by atoms with Crippen LogP contribution in [0.2, 0.25) is 0 Å². The number of methoxy groups -OCH3 is 1. The second-order valence-corrected chi connectivity index (χ2v) is 4.07. The van der Waals surface area contributed by atoms with Gasteiger partial charge in [0.05, 0.1) is 19.0 Å². The van der Waals surface area contributed by atoms with Gasteiger partial charge in [0.15, 0.2) is 0 Å². The zero-order chi connectivity index (χ0) is 12.3. The number of benzene rings is 1. The molecule has 0 spiro atoms. The molecule has 1 aromatic heterocycles. The molecule has 0 radical (unpaired) electrons. The van der Waals surface area contributed by atoms with Crippen LogP contribution in [0.1, 0.15) is 11.1 Å². The van der Waals surface area contributed by atoms with Crippen LogP contribution in [0.25, 0.3) is 0 Å². The summed E-state index contributed by atoms with van der Waals surface area (Å²) in [7, 11) is 3.59. The van der Waals surface area contributed by atoms with E-state index in [1.165, 1.54) is 5.56 Å². The molecular weight excluding hydrogens is 214 g/mol. The normalized spacial score (nSPS) is 10.3. The SMILES string of the molecule is COc1ccc(C)cc1CNc1cnn(C)c1. The van der Waals surface area contributed by atoms with E-state index in [4.69, 9.17) is 4.74 Å². The quantitative estimate of drug-likeness (QED) is 0.878. The molecule has 17 heavy (non-hydrogen) atoms. The fourth-order valence-electron chi connectivity index (χ4n) is 1.76. The molecule has 0 fully saturated rings. The van der Waals surface area contributed by atoms with Crippen molar-refractivity contribution < 1.29 is 4.74 Å². The Balaban J connectivity index is 2.10. The van der Waals surface area contributed by atoms with Gasteiger partial charge in [-0.3, -0.25) is 4.68 Å². The molecule has 0 aliphatic heterocycles. The van der Waals surface area contributed by atoms with E-state index in [0.717, 1.165) is 23.5 Å². The van der Waals surface area contributed by atoms with Gasteiger partial charge >= 0.3 is 0 Å². The van der Waals surface area contributed by atoms with Crippen LogP contribution in [0.3, 0.4) is 0 Å². The first-order chi connectivity index (χ1) is 8.19. The number of aromatic nitrogens is 2. The summed E-state index contributed by atoms with van der Waals surface area (Å²) in [5, 5.41) is 7.43. The summed E-state index contributed by atoms with van der Waals surface area (Å²) in [6.07, 6.45) is 3.75. The van der Waals surface area contributed by atoms with Crippen LogP contribution < -0.4 is 10.1 Å². The van der Waals surface area contributed by atoms with Crippen LogP contribution in [0, 0.1) is 6.92 Å². The van der Waals surface area contributed by atoms with Crippen LogP contribution in [0.4, 0.5) is 5.69 Å². The third-order valence-electron chi connectivity index (χ3n) is 2.62. The zero-order valence-electron chi connectivity index (χ0n) is 10.4. The molecule has 0 aliphatic carbocycles. The van der Waals surface area contributed by atoms with Crippen molar-refractivity contribution in [3.8, 4) is 5.75 Å². The summed E-state index contributed by atoms with van der Waals surface area (Å²) < 4.78 is 7.11. The Hall–Kier alpha value is -1.97. The van der Waals surface area contributed by atoms with Crippen LogP contribution in [-0.4, -0.2) is 16.9 Å². The molecule has 4 nitrogen and oxygen atoms in total. The minimum atomic E-state index is 0.733. The van der Waals surface area contributed by atoms with Gasteiger partial charge in [0.1, 0.15) is 5.75 Å². The average Bonchev–Trinajstić information content (AvgIpc) is 2.73. The lowest BCUT2D eigenvalue weighted by atomic mass is 10.1. The van der Waals surface area contributed by atoms with Crippen LogP contribution >= 0.6 is 0 Å². The van der Waals surface area contributed by atoms with E-state index >= 15 is 0 Å². The number of aryl methyl sites for hydroxylation is 2. The van der Waals surface area contributed by atoms with Crippen LogP contribution in [0.15, 0.2) is 30.6 Å². The maximum absolute atomic E-state index is 5.33. The van der Waals surface area contributed by atoms with E-state index in [9.17, 15) is 0 Å². The van der Waals surface area contributed by atoms with E-state index < -0.39 is 0 Å². The fourth-order valence-corrected chi connectivity index (χ4v) is 1.76. The van der Waals surface area contributed by atoms with E-state index in [1.807, 2.05) is 31.6 Å². The van der Waals surface area contributed by atoms with Crippen molar-refractivity contribution in [3.63, 3.8) is 0 Å². The van der Waals surface area contributed by atoms with Crippen molar-refractivity contribution in [2.75, 3.05) is 12.4 Å². The van der Waals surface area contributed by atoms with Gasteiger partial charge in [-0.15, -0.1) is 0 Å². The molecule has 0 bridgehead atoms. The number of nitrogens with zero attached hydrogens (tertiary/aromatic N) is 2. The monoisotopic (exact) mass is 231 g/mol. The first kappa shape index (κ1) is 11.5. The van der Waals surface area contributed by atoms with E-state index in [1.54, 1.807) is 11.8 Å². The standard InChI is InChI=1S/C13H17N3O/c1-10-4-5-13(17-3)11(6-10)7-14-12-8-15-16(2)9-12/h4-6,8-9,14H,7H2,1-3H3. The molecule has 90 valence electrons. The largest absolute Gasteiger partial charge is 0.496 e. The molecule has 0 unspecified atom stereocenters. The predicted molar refractivity (Wildman–Crippen MR) is 68.3 cm³/mol. The number of rotatable bonds is 4. The highest BCUT2D eigenvalue weighted by molar-refractivity contribution is 5.43. The van der Waals surface area contributed by atoms with Crippen molar-refractivity contribution in [3.05, 3.63) is 41.7 Å². The average molecular weight is 231 g/mol. The highest BCUT2D eigenvalue weighted by atomic mass is 16.5. The molecule has 1 N–H and O–H groups in total. The smallest absolute Gasteiger partial charge is 0.123 e. The van der Waals surface area contributed by atoms with Gasteiger partial charge in [0.25, 0.3) is 0 Å². The van der Waals surface area contributed by atoms with Crippen LogP contribution in [0.5, 0.6) is 5.75 Å². The lowest BCUT2D eigenvalue weighted by Gasteiger charge is -2.10. The van der Waals surface area contributed by atoms with Gasteiger partial charge in [-0.05, 0) is 13.0 Å². The molecule has 2 rings (SSSR count). The van der Waals surface area contributed by atoms with Gasteiger partial charge < -0.3 is 10.1 Å². The summed E-state index contributed by atoms with van der Waals surface area (Å²) in [6, 6.07) is 6.17. The summed E-state index contributed by atoms with van der Waals surface area (Å²) in [5.41, 5.74) is 3.39. The molecule has 4 heteroatoms. The fraction of sp³-hybridized carbons (Fsp3) is 0.308. The van der Waals surface area contributed by atoms with Gasteiger partial charge in [0, 0.05) is 25.4 Å². The molecular formula is C13H17N3O. The molecule has 0 saturated carbocycles. The van der Waals surface area contributed by atoms with Crippen molar-refractivity contribution >= 4 is 5.69 Å². The van der Waals surface area contributed by atoms with Gasteiger partial charge in [-0.1, -0.05) is 17.7 Å². The topological polar surface area (TPSA) is 39.1 Å². The molecule has 0 saturated heterocycles. The lowest BCUT2D eigenvalue weighted by molar-refractivity contribution is 0.410. The molecule has 1 heterocycles. The van der Waals surface area contributed by atoms with E-state index in [0.29, 0.717) is 0 Å².